The van der Waals surface area contributed by atoms with Crippen LogP contribution in [0, 0.1) is 0 Å². The first kappa shape index (κ1) is 31.3. The van der Waals surface area contributed by atoms with Gasteiger partial charge in [0.1, 0.15) is 5.60 Å². The summed E-state index contributed by atoms with van der Waals surface area (Å²) in [5.74, 6) is -0.459. The highest BCUT2D eigenvalue weighted by atomic mass is 32.2. The molecule has 2 N–H and O–H groups in total. The van der Waals surface area contributed by atoms with E-state index < -0.39 is 27.6 Å². The SMILES string of the molecule is CN(C)Cc1cccc(-c2ccc(S(=O)(=O)n3ccc(/C=C/C(=O)Nc4ccccc4NC(=O)OC(C)(C)C)c3)cc2)c1. The van der Waals surface area contributed by atoms with Crippen molar-refractivity contribution in [3.8, 4) is 11.1 Å². The molecule has 4 rings (SSSR count). The van der Waals surface area contributed by atoms with Crippen LogP contribution in [0.15, 0.2) is 102 Å². The monoisotopic (exact) mass is 600 g/mol. The largest absolute Gasteiger partial charge is 0.444 e. The van der Waals surface area contributed by atoms with Crippen LogP contribution in [-0.4, -0.2) is 49.0 Å². The number of hydrogen-bond acceptors (Lipinski definition) is 6. The summed E-state index contributed by atoms with van der Waals surface area (Å²) in [6, 6.07) is 23.3. The number of carbonyl (C=O) groups excluding carboxylic acids is 2. The molecule has 0 aliphatic heterocycles. The van der Waals surface area contributed by atoms with Crippen LogP contribution in [0.3, 0.4) is 0 Å². The van der Waals surface area contributed by atoms with Gasteiger partial charge >= 0.3 is 6.09 Å². The maximum atomic E-state index is 13.3. The van der Waals surface area contributed by atoms with E-state index in [9.17, 15) is 18.0 Å². The van der Waals surface area contributed by atoms with Gasteiger partial charge in [0.25, 0.3) is 10.0 Å². The van der Waals surface area contributed by atoms with Gasteiger partial charge in [0.15, 0.2) is 0 Å². The molecule has 4 aromatic rings. The molecule has 0 fully saturated rings. The van der Waals surface area contributed by atoms with E-state index in [0.717, 1.165) is 21.6 Å². The number of nitrogens with one attached hydrogen (secondary N) is 2. The summed E-state index contributed by atoms with van der Waals surface area (Å²) in [7, 11) is 0.188. The number of carbonyl (C=O) groups is 2. The van der Waals surface area contributed by atoms with E-state index in [4.69, 9.17) is 4.74 Å². The highest BCUT2D eigenvalue weighted by Gasteiger charge is 2.18. The molecular formula is C33H36N4O5S. The van der Waals surface area contributed by atoms with Crippen LogP contribution in [0.4, 0.5) is 16.2 Å². The number of hydrogen-bond donors (Lipinski definition) is 2. The zero-order chi connectivity index (χ0) is 31.2. The van der Waals surface area contributed by atoms with Gasteiger partial charge in [0.2, 0.25) is 5.91 Å². The molecule has 224 valence electrons. The topological polar surface area (TPSA) is 110 Å². The Hall–Kier alpha value is -4.67. The molecule has 2 amide bonds. The Morgan fingerprint density at radius 2 is 1.56 bits per heavy atom. The minimum absolute atomic E-state index is 0.152. The molecule has 0 atom stereocenters. The molecule has 0 spiro atoms. The van der Waals surface area contributed by atoms with Gasteiger partial charge < -0.3 is 15.0 Å². The number of aromatic nitrogens is 1. The van der Waals surface area contributed by atoms with E-state index in [2.05, 4.69) is 27.7 Å². The number of anilines is 2. The van der Waals surface area contributed by atoms with Crippen molar-refractivity contribution in [1.29, 1.82) is 0 Å². The fourth-order valence-corrected chi connectivity index (χ4v) is 5.46. The minimum Gasteiger partial charge on any atom is -0.444 e. The van der Waals surface area contributed by atoms with E-state index >= 15 is 0 Å². The van der Waals surface area contributed by atoms with Crippen LogP contribution in [-0.2, 0) is 26.1 Å². The van der Waals surface area contributed by atoms with E-state index in [1.807, 2.05) is 26.2 Å². The van der Waals surface area contributed by atoms with E-state index in [1.54, 1.807) is 75.4 Å². The summed E-state index contributed by atoms with van der Waals surface area (Å²) in [6.07, 6.45) is 5.03. The van der Waals surface area contributed by atoms with Crippen molar-refractivity contribution < 1.29 is 22.7 Å². The van der Waals surface area contributed by atoms with E-state index in [0.29, 0.717) is 16.9 Å². The first-order valence-corrected chi connectivity index (χ1v) is 15.1. The van der Waals surface area contributed by atoms with Crippen LogP contribution >= 0.6 is 0 Å². The van der Waals surface area contributed by atoms with Crippen molar-refractivity contribution >= 4 is 39.5 Å². The molecular weight excluding hydrogens is 564 g/mol. The summed E-state index contributed by atoms with van der Waals surface area (Å²) in [6.45, 7) is 6.08. The molecule has 0 saturated carbocycles. The average molecular weight is 601 g/mol. The minimum atomic E-state index is -3.84. The normalized spacial score (nSPS) is 12.0. The van der Waals surface area contributed by atoms with Crippen LogP contribution in [0.2, 0.25) is 0 Å². The Morgan fingerprint density at radius 1 is 0.884 bits per heavy atom. The van der Waals surface area contributed by atoms with Gasteiger partial charge in [-0.1, -0.05) is 42.5 Å². The molecule has 1 heterocycles. The zero-order valence-corrected chi connectivity index (χ0v) is 25.7. The molecule has 0 saturated heterocycles. The Morgan fingerprint density at radius 3 is 2.21 bits per heavy atom. The average Bonchev–Trinajstić information content (AvgIpc) is 3.42. The van der Waals surface area contributed by atoms with Crippen molar-refractivity contribution in [2.45, 2.75) is 37.8 Å². The van der Waals surface area contributed by atoms with Crippen molar-refractivity contribution in [3.63, 3.8) is 0 Å². The highest BCUT2D eigenvalue weighted by molar-refractivity contribution is 7.90. The van der Waals surface area contributed by atoms with Crippen LogP contribution in [0.1, 0.15) is 31.9 Å². The third-order valence-electron chi connectivity index (χ3n) is 6.13. The number of benzene rings is 3. The Balaban J connectivity index is 1.42. The second-order valence-electron chi connectivity index (χ2n) is 11.2. The molecule has 9 nitrogen and oxygen atoms in total. The predicted molar refractivity (Wildman–Crippen MR) is 170 cm³/mol. The molecule has 0 unspecified atom stereocenters. The van der Waals surface area contributed by atoms with Gasteiger partial charge in [-0.2, -0.15) is 0 Å². The maximum absolute atomic E-state index is 13.3. The molecule has 3 aromatic carbocycles. The lowest BCUT2D eigenvalue weighted by atomic mass is 10.0. The summed E-state index contributed by atoms with van der Waals surface area (Å²) in [5.41, 5.74) is 3.72. The molecule has 43 heavy (non-hydrogen) atoms. The predicted octanol–water partition coefficient (Wildman–Crippen LogP) is 6.45. The molecule has 1 aromatic heterocycles. The van der Waals surface area contributed by atoms with Crippen molar-refractivity contribution in [2.24, 2.45) is 0 Å². The summed E-state index contributed by atoms with van der Waals surface area (Å²) >= 11 is 0. The number of ether oxygens (including phenoxy) is 1. The molecule has 0 radical (unpaired) electrons. The fourth-order valence-electron chi connectivity index (χ4n) is 4.26. The van der Waals surface area contributed by atoms with Crippen molar-refractivity contribution in [1.82, 2.24) is 8.87 Å². The van der Waals surface area contributed by atoms with Crippen LogP contribution < -0.4 is 10.6 Å². The zero-order valence-electron chi connectivity index (χ0n) is 24.9. The standard InChI is InChI=1S/C33H36N4O5S/c1-33(2,3)42-32(39)35-30-12-7-6-11-29(30)34-31(38)18-13-24-19-20-37(23-24)43(40,41)28-16-14-26(15-17-28)27-10-8-9-25(21-27)22-36(4)5/h6-21,23H,22H2,1-5H3,(H,34,38)(H,35,39)/b18-13+. The van der Waals surface area contributed by atoms with Gasteiger partial charge in [-0.05, 0) is 99.6 Å². The van der Waals surface area contributed by atoms with Gasteiger partial charge in [0.05, 0.1) is 16.3 Å². The van der Waals surface area contributed by atoms with E-state index in [-0.39, 0.29) is 4.90 Å². The highest BCUT2D eigenvalue weighted by Crippen LogP contribution is 2.25. The van der Waals surface area contributed by atoms with Gasteiger partial charge in [-0.25, -0.2) is 17.2 Å². The second kappa shape index (κ2) is 13.1. The maximum Gasteiger partial charge on any atom is 0.412 e. The summed E-state index contributed by atoms with van der Waals surface area (Å²) < 4.78 is 32.9. The smallest absolute Gasteiger partial charge is 0.412 e. The van der Waals surface area contributed by atoms with E-state index in [1.165, 1.54) is 30.1 Å². The summed E-state index contributed by atoms with van der Waals surface area (Å²) in [5, 5.41) is 5.35. The Bertz CT molecular complexity index is 1730. The van der Waals surface area contributed by atoms with Gasteiger partial charge in [-0.3, -0.25) is 10.1 Å². The fraction of sp³-hybridized carbons (Fsp3) is 0.212. The molecule has 0 aliphatic rings. The number of para-hydroxylation sites is 2. The molecule has 10 heteroatoms. The molecule has 0 aliphatic carbocycles. The first-order valence-electron chi connectivity index (χ1n) is 13.7. The number of nitrogens with zero attached hydrogens (tertiary/aromatic N) is 2. The number of amides is 2. The van der Waals surface area contributed by atoms with Crippen molar-refractivity contribution in [3.05, 3.63) is 108 Å². The van der Waals surface area contributed by atoms with Crippen LogP contribution in [0.5, 0.6) is 0 Å². The number of rotatable bonds is 9. The lowest BCUT2D eigenvalue weighted by Crippen LogP contribution is -2.27. The lowest BCUT2D eigenvalue weighted by molar-refractivity contribution is -0.111. The Labute approximate surface area is 252 Å². The van der Waals surface area contributed by atoms with Gasteiger partial charge in [-0.15, -0.1) is 0 Å². The first-order chi connectivity index (χ1) is 20.3. The lowest BCUT2D eigenvalue weighted by Gasteiger charge is -2.20. The third-order valence-corrected chi connectivity index (χ3v) is 7.78. The second-order valence-corrected chi connectivity index (χ2v) is 13.1. The summed E-state index contributed by atoms with van der Waals surface area (Å²) in [4.78, 5) is 27.0. The third kappa shape index (κ3) is 8.67. The van der Waals surface area contributed by atoms with Crippen LogP contribution in [0.25, 0.3) is 17.2 Å². The quantitative estimate of drug-likeness (QED) is 0.214. The molecule has 0 bridgehead atoms. The van der Waals surface area contributed by atoms with Gasteiger partial charge in [0, 0.05) is 25.0 Å². The Kier molecular flexibility index (Phi) is 9.53. The van der Waals surface area contributed by atoms with Crippen molar-refractivity contribution in [2.75, 3.05) is 24.7 Å².